The monoisotopic (exact) mass is 350 g/mol. The molecule has 0 spiro atoms. The topological polar surface area (TPSA) is 52.2 Å². The molecular formula is C21H26N4O. The van der Waals surface area contributed by atoms with Crippen LogP contribution in [-0.2, 0) is 0 Å². The highest BCUT2D eigenvalue weighted by Gasteiger charge is 2.45. The quantitative estimate of drug-likeness (QED) is 0.905. The van der Waals surface area contributed by atoms with Crippen LogP contribution in [0.4, 0.5) is 0 Å². The summed E-state index contributed by atoms with van der Waals surface area (Å²) in [4.78, 5) is 17.6. The van der Waals surface area contributed by atoms with Crippen molar-refractivity contribution < 1.29 is 4.79 Å². The average molecular weight is 350 g/mol. The van der Waals surface area contributed by atoms with Crippen molar-refractivity contribution in [1.29, 1.82) is 0 Å². The summed E-state index contributed by atoms with van der Waals surface area (Å²) in [6, 6.07) is 13.9. The number of amides is 1. The first-order valence-electron chi connectivity index (χ1n) is 9.89. The van der Waals surface area contributed by atoms with Crippen molar-refractivity contribution in [1.82, 2.24) is 20.0 Å². The van der Waals surface area contributed by atoms with Gasteiger partial charge in [0.2, 0.25) is 0 Å². The number of carbonyl (C=O) groups is 1. The molecule has 1 amide bonds. The number of likely N-dealkylation sites (tertiary alicyclic amines) is 1. The SMILES string of the molecule is O=C(c1ccn[nH]1)N1C[C@@H]2C[C@H](C1)[C@@H]1CCC[C@H](c3ccccc3)N1C2. The van der Waals surface area contributed by atoms with Gasteiger partial charge in [-0.25, -0.2) is 0 Å². The van der Waals surface area contributed by atoms with Crippen LogP contribution in [0.25, 0.3) is 0 Å². The summed E-state index contributed by atoms with van der Waals surface area (Å²) in [6.45, 7) is 2.88. The van der Waals surface area contributed by atoms with Crippen molar-refractivity contribution in [2.45, 2.75) is 37.8 Å². The predicted octanol–water partition coefficient (Wildman–Crippen LogP) is 3.10. The fraction of sp³-hybridized carbons (Fsp3) is 0.524. The Kier molecular flexibility index (Phi) is 4.04. The average Bonchev–Trinajstić information content (AvgIpc) is 3.22. The lowest BCUT2D eigenvalue weighted by Gasteiger charge is -2.55. The van der Waals surface area contributed by atoms with Crippen molar-refractivity contribution in [2.24, 2.45) is 11.8 Å². The third kappa shape index (κ3) is 2.75. The smallest absolute Gasteiger partial charge is 0.271 e. The van der Waals surface area contributed by atoms with Gasteiger partial charge >= 0.3 is 0 Å². The van der Waals surface area contributed by atoms with Gasteiger partial charge in [-0.05, 0) is 49.1 Å². The number of nitrogens with zero attached hydrogens (tertiary/aromatic N) is 3. The standard InChI is InChI=1S/C21H26N4O/c26-21(18-9-10-22-23-18)24-12-15-11-17(14-24)20-8-4-7-19(25(20)13-15)16-5-2-1-3-6-16/h1-3,5-6,9-10,15,17,19-20H,4,7-8,11-14H2,(H,22,23)/t15-,17+,19+,20-/m0/s1. The molecule has 1 aromatic carbocycles. The van der Waals surface area contributed by atoms with E-state index >= 15 is 0 Å². The van der Waals surface area contributed by atoms with E-state index < -0.39 is 0 Å². The molecule has 1 aromatic heterocycles. The van der Waals surface area contributed by atoms with Gasteiger partial charge in [0.05, 0.1) is 0 Å². The Bertz CT molecular complexity index is 760. The fourth-order valence-electron chi connectivity index (χ4n) is 5.55. The number of carbonyl (C=O) groups excluding carboxylic acids is 1. The number of nitrogens with one attached hydrogen (secondary N) is 1. The van der Waals surface area contributed by atoms with Gasteiger partial charge in [0, 0.05) is 37.9 Å². The van der Waals surface area contributed by atoms with Gasteiger partial charge in [-0.2, -0.15) is 5.10 Å². The summed E-state index contributed by atoms with van der Waals surface area (Å²) in [5.74, 6) is 1.29. The van der Waals surface area contributed by atoms with E-state index in [4.69, 9.17) is 0 Å². The maximum atomic E-state index is 12.8. The molecule has 136 valence electrons. The molecule has 2 aromatic rings. The summed E-state index contributed by atoms with van der Waals surface area (Å²) in [5.41, 5.74) is 2.08. The van der Waals surface area contributed by atoms with Crippen molar-refractivity contribution in [3.05, 3.63) is 53.9 Å². The van der Waals surface area contributed by atoms with E-state index in [1.807, 2.05) is 0 Å². The fourth-order valence-corrected chi connectivity index (χ4v) is 5.55. The van der Waals surface area contributed by atoms with E-state index in [0.717, 1.165) is 19.6 Å². The Hall–Kier alpha value is -2.14. The van der Waals surface area contributed by atoms with Crippen LogP contribution in [0.5, 0.6) is 0 Å². The highest BCUT2D eigenvalue weighted by Crippen LogP contribution is 2.44. The number of piperidine rings is 3. The first-order chi connectivity index (χ1) is 12.8. The molecule has 5 rings (SSSR count). The lowest BCUT2D eigenvalue weighted by molar-refractivity contribution is -0.0512. The van der Waals surface area contributed by atoms with Gasteiger partial charge in [-0.3, -0.25) is 14.8 Å². The minimum atomic E-state index is 0.112. The summed E-state index contributed by atoms with van der Waals surface area (Å²) in [5, 5.41) is 6.77. The van der Waals surface area contributed by atoms with Crippen molar-refractivity contribution in [3.8, 4) is 0 Å². The van der Waals surface area contributed by atoms with E-state index in [9.17, 15) is 4.79 Å². The summed E-state index contributed by atoms with van der Waals surface area (Å²) in [6.07, 6.45) is 6.75. The van der Waals surface area contributed by atoms with E-state index in [0.29, 0.717) is 29.6 Å². The van der Waals surface area contributed by atoms with E-state index in [1.165, 1.54) is 31.2 Å². The molecule has 0 aliphatic carbocycles. The second-order valence-corrected chi connectivity index (χ2v) is 8.16. The molecule has 3 aliphatic rings. The first kappa shape index (κ1) is 16.1. The molecule has 5 nitrogen and oxygen atoms in total. The molecule has 26 heavy (non-hydrogen) atoms. The molecule has 4 atom stereocenters. The third-order valence-electron chi connectivity index (χ3n) is 6.59. The molecular weight excluding hydrogens is 324 g/mol. The number of rotatable bonds is 2. The van der Waals surface area contributed by atoms with Gasteiger partial charge < -0.3 is 4.90 Å². The zero-order valence-corrected chi connectivity index (χ0v) is 15.1. The molecule has 3 aliphatic heterocycles. The molecule has 5 heteroatoms. The largest absolute Gasteiger partial charge is 0.337 e. The van der Waals surface area contributed by atoms with E-state index in [1.54, 1.807) is 12.3 Å². The Balaban J connectivity index is 1.37. The van der Waals surface area contributed by atoms with E-state index in [-0.39, 0.29) is 5.91 Å². The van der Waals surface area contributed by atoms with Crippen LogP contribution in [-0.4, -0.2) is 51.6 Å². The van der Waals surface area contributed by atoms with Gasteiger partial charge in [0.15, 0.2) is 0 Å². The summed E-state index contributed by atoms with van der Waals surface area (Å²) < 4.78 is 0. The van der Waals surface area contributed by atoms with Crippen LogP contribution >= 0.6 is 0 Å². The predicted molar refractivity (Wildman–Crippen MR) is 99.6 cm³/mol. The Morgan fingerprint density at radius 2 is 1.96 bits per heavy atom. The van der Waals surface area contributed by atoms with Gasteiger partial charge in [0.1, 0.15) is 5.69 Å². The minimum absolute atomic E-state index is 0.112. The number of benzene rings is 1. The van der Waals surface area contributed by atoms with Gasteiger partial charge in [-0.15, -0.1) is 0 Å². The molecule has 3 saturated heterocycles. The second-order valence-electron chi connectivity index (χ2n) is 8.16. The molecule has 0 radical (unpaired) electrons. The van der Waals surface area contributed by atoms with E-state index in [2.05, 4.69) is 50.3 Å². The second kappa shape index (κ2) is 6.54. The van der Waals surface area contributed by atoms with Crippen LogP contribution in [0.2, 0.25) is 0 Å². The number of aromatic nitrogens is 2. The molecule has 1 N–H and O–H groups in total. The summed E-state index contributed by atoms with van der Waals surface area (Å²) in [7, 11) is 0. The van der Waals surface area contributed by atoms with Crippen LogP contribution in [0.1, 0.15) is 47.8 Å². The van der Waals surface area contributed by atoms with Gasteiger partial charge in [-0.1, -0.05) is 30.3 Å². The lowest BCUT2D eigenvalue weighted by atomic mass is 9.74. The van der Waals surface area contributed by atoms with Crippen molar-refractivity contribution >= 4 is 5.91 Å². The Morgan fingerprint density at radius 3 is 2.77 bits per heavy atom. The van der Waals surface area contributed by atoms with Crippen LogP contribution in [0.3, 0.4) is 0 Å². The van der Waals surface area contributed by atoms with Crippen LogP contribution in [0, 0.1) is 11.8 Å². The highest BCUT2D eigenvalue weighted by molar-refractivity contribution is 5.92. The Labute approximate surface area is 154 Å². The molecule has 0 saturated carbocycles. The summed E-state index contributed by atoms with van der Waals surface area (Å²) >= 11 is 0. The maximum absolute atomic E-state index is 12.8. The van der Waals surface area contributed by atoms with Gasteiger partial charge in [0.25, 0.3) is 5.91 Å². The number of fused-ring (bicyclic) bond motifs is 4. The molecule has 0 unspecified atom stereocenters. The maximum Gasteiger partial charge on any atom is 0.271 e. The Morgan fingerprint density at radius 1 is 1.08 bits per heavy atom. The van der Waals surface area contributed by atoms with Crippen LogP contribution in [0.15, 0.2) is 42.6 Å². The molecule has 3 fully saturated rings. The lowest BCUT2D eigenvalue weighted by Crippen LogP contribution is -2.60. The zero-order chi connectivity index (χ0) is 17.5. The molecule has 4 heterocycles. The highest BCUT2D eigenvalue weighted by atomic mass is 16.2. The van der Waals surface area contributed by atoms with Crippen molar-refractivity contribution in [2.75, 3.05) is 19.6 Å². The van der Waals surface area contributed by atoms with Crippen LogP contribution < -0.4 is 0 Å². The molecule has 2 bridgehead atoms. The number of hydrogen-bond acceptors (Lipinski definition) is 3. The third-order valence-corrected chi connectivity index (χ3v) is 6.59. The number of aromatic amines is 1. The zero-order valence-electron chi connectivity index (χ0n) is 15.1. The first-order valence-corrected chi connectivity index (χ1v) is 9.89. The number of hydrogen-bond donors (Lipinski definition) is 1. The normalized spacial score (nSPS) is 31.5. The minimum Gasteiger partial charge on any atom is -0.337 e. The number of H-pyrrole nitrogens is 1. The van der Waals surface area contributed by atoms with Crippen molar-refractivity contribution in [3.63, 3.8) is 0 Å².